The van der Waals surface area contributed by atoms with Gasteiger partial charge in [0.05, 0.1) is 24.2 Å². The van der Waals surface area contributed by atoms with Gasteiger partial charge in [-0.2, -0.15) is 16.7 Å². The van der Waals surface area contributed by atoms with Gasteiger partial charge in [0.2, 0.25) is 5.88 Å². The highest BCUT2D eigenvalue weighted by atomic mass is 32.2. The number of pyridine rings is 1. The molecule has 0 amide bonds. The molecule has 1 aromatic carbocycles. The van der Waals surface area contributed by atoms with Crippen LogP contribution in [0, 0.1) is 6.92 Å². The van der Waals surface area contributed by atoms with Crippen LogP contribution in [0.2, 0.25) is 0 Å². The van der Waals surface area contributed by atoms with Gasteiger partial charge in [0.25, 0.3) is 6.43 Å². The first-order valence-corrected chi connectivity index (χ1v) is 13.8. The standard InChI is InChI=1S/C27H34F2N4O4S/c1-17-31-25(30-16-19-5-4-6-20(24(28)29)23(19)36-11-9-34-2)22-15-21(18-7-13-38-14-8-18)27(33-26(22)32-17)37-12-10-35-3/h4-6,15,18,24H,7-14,16H2,1-3H3,(H,30,31,32,33). The number of ether oxygens (including phenoxy) is 4. The number of hydrogen-bond donors (Lipinski definition) is 1. The highest BCUT2D eigenvalue weighted by molar-refractivity contribution is 7.99. The summed E-state index contributed by atoms with van der Waals surface area (Å²) in [6.45, 7) is 3.34. The molecule has 0 aliphatic carbocycles. The maximum absolute atomic E-state index is 13.7. The van der Waals surface area contributed by atoms with E-state index < -0.39 is 6.43 Å². The Morgan fingerprint density at radius 2 is 1.74 bits per heavy atom. The maximum atomic E-state index is 13.7. The molecule has 1 saturated heterocycles. The Bertz CT molecular complexity index is 1210. The first kappa shape index (κ1) is 28.3. The van der Waals surface area contributed by atoms with Crippen molar-refractivity contribution in [2.45, 2.75) is 38.7 Å². The van der Waals surface area contributed by atoms with Crippen LogP contribution < -0.4 is 14.8 Å². The van der Waals surface area contributed by atoms with E-state index in [2.05, 4.69) is 21.4 Å². The summed E-state index contributed by atoms with van der Waals surface area (Å²) >= 11 is 1.96. The lowest BCUT2D eigenvalue weighted by atomic mass is 9.93. The van der Waals surface area contributed by atoms with Crippen LogP contribution in [0.25, 0.3) is 11.0 Å². The molecule has 206 valence electrons. The number of thioether (sulfide) groups is 1. The quantitative estimate of drug-likeness (QED) is 0.277. The lowest BCUT2D eigenvalue weighted by Gasteiger charge is -2.24. The van der Waals surface area contributed by atoms with Gasteiger partial charge in [-0.3, -0.25) is 0 Å². The molecule has 0 radical (unpaired) electrons. The number of nitrogens with zero attached hydrogens (tertiary/aromatic N) is 3. The van der Waals surface area contributed by atoms with E-state index in [0.29, 0.717) is 54.5 Å². The van der Waals surface area contributed by atoms with Crippen molar-refractivity contribution in [3.05, 3.63) is 46.8 Å². The number of aromatic nitrogens is 3. The SMILES string of the molecule is COCCOc1nc2nc(C)nc(NCc3cccc(C(F)F)c3OCCOC)c2cc1C1CCSCC1. The van der Waals surface area contributed by atoms with Crippen molar-refractivity contribution in [2.24, 2.45) is 0 Å². The minimum absolute atomic E-state index is 0.152. The molecule has 38 heavy (non-hydrogen) atoms. The fraction of sp³-hybridized carbons (Fsp3) is 0.519. The average Bonchev–Trinajstić information content (AvgIpc) is 2.92. The van der Waals surface area contributed by atoms with Gasteiger partial charge in [0.1, 0.15) is 30.6 Å². The van der Waals surface area contributed by atoms with Crippen molar-refractivity contribution in [1.82, 2.24) is 15.0 Å². The van der Waals surface area contributed by atoms with Crippen molar-refractivity contribution in [1.29, 1.82) is 0 Å². The van der Waals surface area contributed by atoms with Crippen molar-refractivity contribution in [3.63, 3.8) is 0 Å². The molecule has 1 fully saturated rings. The van der Waals surface area contributed by atoms with E-state index in [9.17, 15) is 8.78 Å². The highest BCUT2D eigenvalue weighted by Crippen LogP contribution is 2.38. The summed E-state index contributed by atoms with van der Waals surface area (Å²) in [4.78, 5) is 14.0. The second-order valence-corrected chi connectivity index (χ2v) is 10.2. The molecule has 0 atom stereocenters. The van der Waals surface area contributed by atoms with Gasteiger partial charge in [0.15, 0.2) is 5.65 Å². The Morgan fingerprint density at radius 1 is 1.00 bits per heavy atom. The topological polar surface area (TPSA) is 87.6 Å². The summed E-state index contributed by atoms with van der Waals surface area (Å²) in [7, 11) is 3.17. The third kappa shape index (κ3) is 7.00. The minimum Gasteiger partial charge on any atom is -0.490 e. The van der Waals surface area contributed by atoms with Crippen LogP contribution in [-0.2, 0) is 16.0 Å². The predicted octanol–water partition coefficient (Wildman–Crippen LogP) is 5.54. The normalized spacial score (nSPS) is 14.3. The highest BCUT2D eigenvalue weighted by Gasteiger charge is 2.24. The number of aryl methyl sites for hydroxylation is 1. The van der Waals surface area contributed by atoms with E-state index in [4.69, 9.17) is 23.9 Å². The third-order valence-electron chi connectivity index (χ3n) is 6.32. The molecular weight excluding hydrogens is 514 g/mol. The monoisotopic (exact) mass is 548 g/mol. The molecule has 1 aliphatic rings. The Hall–Kier alpha value is -2.76. The number of halogens is 2. The van der Waals surface area contributed by atoms with Crippen molar-refractivity contribution < 1.29 is 27.7 Å². The summed E-state index contributed by atoms with van der Waals surface area (Å²) in [5.74, 6) is 4.35. The third-order valence-corrected chi connectivity index (χ3v) is 7.37. The first-order valence-electron chi connectivity index (χ1n) is 12.7. The van der Waals surface area contributed by atoms with Gasteiger partial charge in [-0.25, -0.2) is 18.7 Å². The van der Waals surface area contributed by atoms with Crippen LogP contribution in [0.5, 0.6) is 11.6 Å². The predicted molar refractivity (Wildman–Crippen MR) is 145 cm³/mol. The number of alkyl halides is 2. The number of para-hydroxylation sites is 1. The molecule has 4 rings (SSSR count). The number of rotatable bonds is 13. The van der Waals surface area contributed by atoms with Crippen molar-refractivity contribution >= 4 is 28.6 Å². The number of anilines is 1. The van der Waals surface area contributed by atoms with Crippen LogP contribution in [0.4, 0.5) is 14.6 Å². The molecule has 1 N–H and O–H groups in total. The maximum Gasteiger partial charge on any atom is 0.267 e. The Morgan fingerprint density at radius 3 is 2.45 bits per heavy atom. The number of benzene rings is 1. The van der Waals surface area contributed by atoms with E-state index in [1.54, 1.807) is 26.2 Å². The molecule has 2 aromatic heterocycles. The van der Waals surface area contributed by atoms with Crippen LogP contribution >= 0.6 is 11.8 Å². The number of nitrogens with one attached hydrogen (secondary N) is 1. The summed E-state index contributed by atoms with van der Waals surface area (Å²) in [6.07, 6.45) is -0.584. The molecule has 3 heterocycles. The van der Waals surface area contributed by atoms with Crippen LogP contribution in [-0.4, -0.2) is 67.1 Å². The Kier molecular flexibility index (Phi) is 10.3. The minimum atomic E-state index is -2.66. The average molecular weight is 549 g/mol. The molecule has 3 aromatic rings. The van der Waals surface area contributed by atoms with Gasteiger partial charge < -0.3 is 24.3 Å². The van der Waals surface area contributed by atoms with E-state index in [0.717, 1.165) is 35.3 Å². The van der Waals surface area contributed by atoms with Gasteiger partial charge in [0, 0.05) is 31.9 Å². The van der Waals surface area contributed by atoms with Crippen LogP contribution in [0.3, 0.4) is 0 Å². The molecule has 0 saturated carbocycles. The lowest BCUT2D eigenvalue weighted by Crippen LogP contribution is -2.14. The van der Waals surface area contributed by atoms with Crippen LogP contribution in [0.15, 0.2) is 24.3 Å². The summed E-state index contributed by atoms with van der Waals surface area (Å²) < 4.78 is 49.4. The zero-order valence-electron chi connectivity index (χ0n) is 22.0. The molecule has 0 unspecified atom stereocenters. The lowest BCUT2D eigenvalue weighted by molar-refractivity contribution is 0.128. The molecule has 0 bridgehead atoms. The second-order valence-electron chi connectivity index (χ2n) is 8.93. The zero-order chi connectivity index (χ0) is 26.9. The van der Waals surface area contributed by atoms with E-state index in [-0.39, 0.29) is 24.5 Å². The van der Waals surface area contributed by atoms with E-state index in [1.165, 1.54) is 13.2 Å². The number of fused-ring (bicyclic) bond motifs is 1. The number of methoxy groups -OCH3 is 2. The van der Waals surface area contributed by atoms with Crippen LogP contribution in [0.1, 0.15) is 47.7 Å². The largest absolute Gasteiger partial charge is 0.490 e. The molecule has 1 aliphatic heterocycles. The smallest absolute Gasteiger partial charge is 0.267 e. The zero-order valence-corrected chi connectivity index (χ0v) is 22.8. The Balaban J connectivity index is 1.68. The van der Waals surface area contributed by atoms with Crippen molar-refractivity contribution in [2.75, 3.05) is 57.5 Å². The fourth-order valence-electron chi connectivity index (χ4n) is 4.43. The first-order chi connectivity index (χ1) is 18.5. The summed E-state index contributed by atoms with van der Waals surface area (Å²) in [5.41, 5.74) is 1.99. The van der Waals surface area contributed by atoms with Gasteiger partial charge in [-0.05, 0) is 49.3 Å². The number of hydrogen-bond acceptors (Lipinski definition) is 9. The second kappa shape index (κ2) is 13.9. The van der Waals surface area contributed by atoms with E-state index >= 15 is 0 Å². The van der Waals surface area contributed by atoms with Gasteiger partial charge >= 0.3 is 0 Å². The Labute approximate surface area is 225 Å². The van der Waals surface area contributed by atoms with Gasteiger partial charge in [-0.1, -0.05) is 12.1 Å². The van der Waals surface area contributed by atoms with Gasteiger partial charge in [-0.15, -0.1) is 0 Å². The molecular formula is C27H34F2N4O4S. The summed E-state index contributed by atoms with van der Waals surface area (Å²) in [6, 6.07) is 6.82. The fourth-order valence-corrected chi connectivity index (χ4v) is 5.54. The molecule has 11 heteroatoms. The molecule has 0 spiro atoms. The van der Waals surface area contributed by atoms with Crippen molar-refractivity contribution in [3.8, 4) is 11.6 Å². The van der Waals surface area contributed by atoms with E-state index in [1.807, 2.05) is 11.8 Å². The molecule has 8 nitrogen and oxygen atoms in total. The summed E-state index contributed by atoms with van der Waals surface area (Å²) in [5, 5.41) is 4.09.